The van der Waals surface area contributed by atoms with Crippen LogP contribution >= 0.6 is 0 Å². The van der Waals surface area contributed by atoms with Gasteiger partial charge in [0.05, 0.1) is 28.6 Å². The highest BCUT2D eigenvalue weighted by atomic mass is 32.2. The minimum absolute atomic E-state index is 0.00741. The van der Waals surface area contributed by atoms with Gasteiger partial charge in [-0.2, -0.15) is 4.31 Å². The fourth-order valence-electron chi connectivity index (χ4n) is 5.81. The molecule has 194 valence electrons. The molecule has 0 aliphatic carbocycles. The number of carbonyl (C=O) groups excluding carboxylic acids is 3. The Morgan fingerprint density at radius 2 is 1.53 bits per heavy atom. The van der Waals surface area contributed by atoms with Gasteiger partial charge in [0.2, 0.25) is 15.9 Å². The van der Waals surface area contributed by atoms with E-state index < -0.39 is 27.9 Å². The Bertz CT molecular complexity index is 1560. The Morgan fingerprint density at radius 1 is 0.868 bits per heavy atom. The number of rotatable bonds is 5. The van der Waals surface area contributed by atoms with Gasteiger partial charge in [-0.3, -0.25) is 19.3 Å². The summed E-state index contributed by atoms with van der Waals surface area (Å²) < 4.78 is 29.6. The molecule has 0 aromatic heterocycles. The average Bonchev–Trinajstić information content (AvgIpc) is 3.47. The summed E-state index contributed by atoms with van der Waals surface area (Å²) in [5.74, 6) is -0.818. The van der Waals surface area contributed by atoms with E-state index in [1.54, 1.807) is 47.4 Å². The first-order chi connectivity index (χ1) is 18.3. The summed E-state index contributed by atoms with van der Waals surface area (Å²) in [6, 6.07) is 18.4. The van der Waals surface area contributed by atoms with Crippen LogP contribution in [0.3, 0.4) is 0 Å². The van der Waals surface area contributed by atoms with E-state index >= 15 is 0 Å². The Labute approximate surface area is 221 Å². The summed E-state index contributed by atoms with van der Waals surface area (Å²) in [6.07, 6.45) is 1.50. The van der Waals surface area contributed by atoms with Gasteiger partial charge in [-0.25, -0.2) is 8.42 Å². The molecule has 3 aliphatic heterocycles. The Balaban J connectivity index is 1.37. The van der Waals surface area contributed by atoms with Crippen LogP contribution in [-0.4, -0.2) is 55.0 Å². The van der Waals surface area contributed by atoms with Crippen LogP contribution in [0, 0.1) is 0 Å². The van der Waals surface area contributed by atoms with E-state index in [4.69, 9.17) is 0 Å². The molecular weight excluding hydrogens is 502 g/mol. The monoisotopic (exact) mass is 529 g/mol. The number of nitrogens with zero attached hydrogens (tertiary/aromatic N) is 3. The second-order valence-electron chi connectivity index (χ2n) is 9.79. The average molecular weight is 530 g/mol. The molecule has 3 aromatic carbocycles. The zero-order chi connectivity index (χ0) is 26.6. The van der Waals surface area contributed by atoms with Crippen molar-refractivity contribution in [3.05, 3.63) is 94.5 Å². The van der Waals surface area contributed by atoms with Crippen molar-refractivity contribution in [2.75, 3.05) is 24.5 Å². The van der Waals surface area contributed by atoms with E-state index in [2.05, 4.69) is 0 Å². The number of amides is 3. The van der Waals surface area contributed by atoms with Crippen LogP contribution in [0.5, 0.6) is 0 Å². The predicted molar refractivity (Wildman–Crippen MR) is 141 cm³/mol. The molecule has 0 saturated carbocycles. The van der Waals surface area contributed by atoms with E-state index in [-0.39, 0.29) is 23.9 Å². The first kappa shape index (κ1) is 24.5. The lowest BCUT2D eigenvalue weighted by atomic mass is 9.94. The summed E-state index contributed by atoms with van der Waals surface area (Å²) in [7, 11) is -3.98. The maximum Gasteiger partial charge on any atom is 0.261 e. The summed E-state index contributed by atoms with van der Waals surface area (Å²) in [4.78, 5) is 41.6. The lowest BCUT2D eigenvalue weighted by Crippen LogP contribution is -2.46. The number of sulfonamides is 1. The summed E-state index contributed by atoms with van der Waals surface area (Å²) >= 11 is 0. The molecule has 6 rings (SSSR count). The van der Waals surface area contributed by atoms with Crippen LogP contribution in [0.15, 0.2) is 71.6 Å². The minimum atomic E-state index is -3.98. The van der Waals surface area contributed by atoms with Gasteiger partial charge in [-0.15, -0.1) is 0 Å². The molecule has 9 heteroatoms. The number of hydrogen-bond donors (Lipinski definition) is 0. The molecule has 3 amide bonds. The van der Waals surface area contributed by atoms with Crippen LogP contribution in [-0.2, 0) is 27.7 Å². The van der Waals surface area contributed by atoms with Crippen molar-refractivity contribution >= 4 is 33.4 Å². The number of fused-ring (bicyclic) bond motifs is 3. The van der Waals surface area contributed by atoms with E-state index in [1.807, 2.05) is 31.2 Å². The second-order valence-corrected chi connectivity index (χ2v) is 11.7. The largest absolute Gasteiger partial charge is 0.312 e. The summed E-state index contributed by atoms with van der Waals surface area (Å²) in [5, 5.41) is 0. The summed E-state index contributed by atoms with van der Waals surface area (Å²) in [6.45, 7) is 2.49. The van der Waals surface area contributed by atoms with Gasteiger partial charge in [0.1, 0.15) is 0 Å². The lowest BCUT2D eigenvalue weighted by Gasteiger charge is -2.38. The Hall–Kier alpha value is -3.82. The zero-order valence-electron chi connectivity index (χ0n) is 21.0. The predicted octanol–water partition coefficient (Wildman–Crippen LogP) is 3.57. The van der Waals surface area contributed by atoms with Crippen molar-refractivity contribution in [2.45, 2.75) is 37.1 Å². The maximum atomic E-state index is 14.1. The van der Waals surface area contributed by atoms with Crippen molar-refractivity contribution in [3.8, 4) is 0 Å². The standard InChI is InChI=1S/C29H27N3O5S/c1-2-27(33)30-15-13-20-17-21(11-12-25(20)30)38(36,37)32-16-14-19-7-3-4-8-22(19)26(32)18-31-28(34)23-9-5-6-10-24(23)29(31)35/h3-12,17,26H,2,13-16,18H2,1H3/t26-/m0/s1. The van der Waals surface area contributed by atoms with Gasteiger partial charge in [0.15, 0.2) is 0 Å². The van der Waals surface area contributed by atoms with Crippen LogP contribution in [0.1, 0.15) is 56.8 Å². The molecule has 0 spiro atoms. The molecule has 0 saturated heterocycles. The van der Waals surface area contributed by atoms with Crippen LogP contribution in [0.25, 0.3) is 0 Å². The van der Waals surface area contributed by atoms with Gasteiger partial charge >= 0.3 is 0 Å². The van der Waals surface area contributed by atoms with Crippen molar-refractivity contribution in [3.63, 3.8) is 0 Å². The highest BCUT2D eigenvalue weighted by Gasteiger charge is 2.42. The van der Waals surface area contributed by atoms with Gasteiger partial charge < -0.3 is 4.90 Å². The SMILES string of the molecule is CCC(=O)N1CCc2cc(S(=O)(=O)N3CCc4ccccc4[C@@H]3CN3C(=O)c4ccccc4C3=O)ccc21. The normalized spacial score (nSPS) is 18.9. The molecule has 8 nitrogen and oxygen atoms in total. The smallest absolute Gasteiger partial charge is 0.261 e. The van der Waals surface area contributed by atoms with Crippen LogP contribution in [0.4, 0.5) is 5.69 Å². The van der Waals surface area contributed by atoms with Crippen molar-refractivity contribution in [1.82, 2.24) is 9.21 Å². The lowest BCUT2D eigenvalue weighted by molar-refractivity contribution is -0.118. The molecule has 1 atom stereocenters. The van der Waals surface area contributed by atoms with Gasteiger partial charge in [0, 0.05) is 25.2 Å². The third kappa shape index (κ3) is 3.76. The van der Waals surface area contributed by atoms with Crippen molar-refractivity contribution in [2.24, 2.45) is 0 Å². The van der Waals surface area contributed by atoms with E-state index in [9.17, 15) is 22.8 Å². The molecule has 3 aromatic rings. The minimum Gasteiger partial charge on any atom is -0.312 e. The zero-order valence-corrected chi connectivity index (χ0v) is 21.8. The number of anilines is 1. The number of imide groups is 1. The molecule has 0 radical (unpaired) electrons. The van der Waals surface area contributed by atoms with Crippen molar-refractivity contribution < 1.29 is 22.8 Å². The summed E-state index contributed by atoms with van der Waals surface area (Å²) in [5.41, 5.74) is 4.04. The molecule has 0 bridgehead atoms. The molecule has 38 heavy (non-hydrogen) atoms. The Kier molecular flexibility index (Phi) is 5.92. The topological polar surface area (TPSA) is 95.1 Å². The number of benzene rings is 3. The van der Waals surface area contributed by atoms with E-state index in [1.165, 1.54) is 4.31 Å². The van der Waals surface area contributed by atoms with Crippen molar-refractivity contribution in [1.29, 1.82) is 0 Å². The fourth-order valence-corrected chi connectivity index (χ4v) is 7.46. The highest BCUT2D eigenvalue weighted by Crippen LogP contribution is 2.38. The molecule has 0 N–H and O–H groups in total. The third-order valence-electron chi connectivity index (χ3n) is 7.75. The molecule has 0 unspecified atom stereocenters. The van der Waals surface area contributed by atoms with Gasteiger partial charge in [-0.05, 0) is 59.9 Å². The first-order valence-electron chi connectivity index (χ1n) is 12.8. The molecule has 0 fully saturated rings. The third-order valence-corrected chi connectivity index (χ3v) is 9.66. The van der Waals surface area contributed by atoms with Crippen LogP contribution in [0.2, 0.25) is 0 Å². The van der Waals surface area contributed by atoms with E-state index in [0.717, 1.165) is 27.3 Å². The number of carbonyl (C=O) groups is 3. The Morgan fingerprint density at radius 3 is 2.24 bits per heavy atom. The number of hydrogen-bond acceptors (Lipinski definition) is 5. The molecular formula is C29H27N3O5S. The van der Waals surface area contributed by atoms with Gasteiger partial charge in [0.25, 0.3) is 11.8 Å². The quantitative estimate of drug-likeness (QED) is 0.471. The van der Waals surface area contributed by atoms with E-state index in [0.29, 0.717) is 36.9 Å². The van der Waals surface area contributed by atoms with Gasteiger partial charge in [-0.1, -0.05) is 43.3 Å². The molecule has 3 heterocycles. The second kappa shape index (κ2) is 9.18. The highest BCUT2D eigenvalue weighted by molar-refractivity contribution is 7.89. The molecule has 3 aliphatic rings. The first-order valence-corrected chi connectivity index (χ1v) is 14.2. The fraction of sp³-hybridized carbons (Fsp3) is 0.276. The maximum absolute atomic E-state index is 14.1. The van der Waals surface area contributed by atoms with Crippen LogP contribution < -0.4 is 4.90 Å².